The van der Waals surface area contributed by atoms with Crippen LogP contribution >= 0.6 is 0 Å². The molecule has 3 aromatic heterocycles. The maximum Gasteiger partial charge on any atom is 0.137 e. The van der Waals surface area contributed by atoms with Gasteiger partial charge < -0.3 is 15.1 Å². The molecule has 3 heterocycles. The van der Waals surface area contributed by atoms with Crippen LogP contribution in [0.15, 0.2) is 49.1 Å². The van der Waals surface area contributed by atoms with Gasteiger partial charge in [-0.2, -0.15) is 0 Å². The van der Waals surface area contributed by atoms with Crippen molar-refractivity contribution in [3.8, 4) is 11.3 Å². The SMILES string of the molecule is Cc1ccc(/C(C=N)=C/NCC2CC2(C)C)c(-c2ccn3ccnc3c2)n1. The van der Waals surface area contributed by atoms with Crippen LogP contribution in [0.2, 0.25) is 0 Å². The molecular formula is C22H25N5. The molecular weight excluding hydrogens is 334 g/mol. The second-order valence-corrected chi connectivity index (χ2v) is 8.00. The maximum absolute atomic E-state index is 7.92. The molecule has 0 bridgehead atoms. The van der Waals surface area contributed by atoms with Crippen LogP contribution < -0.4 is 5.32 Å². The van der Waals surface area contributed by atoms with E-state index in [0.29, 0.717) is 11.3 Å². The first kappa shape index (κ1) is 17.5. The van der Waals surface area contributed by atoms with Gasteiger partial charge in [0.2, 0.25) is 0 Å². The molecule has 0 radical (unpaired) electrons. The van der Waals surface area contributed by atoms with Crippen LogP contribution in [0.5, 0.6) is 0 Å². The van der Waals surface area contributed by atoms with Gasteiger partial charge in [0.25, 0.3) is 0 Å². The van der Waals surface area contributed by atoms with Gasteiger partial charge in [-0.1, -0.05) is 19.9 Å². The zero-order chi connectivity index (χ0) is 19.0. The van der Waals surface area contributed by atoms with Gasteiger partial charge in [-0.25, -0.2) is 4.98 Å². The molecule has 4 rings (SSSR count). The predicted molar refractivity (Wildman–Crippen MR) is 110 cm³/mol. The van der Waals surface area contributed by atoms with Crippen molar-refractivity contribution >= 4 is 17.4 Å². The predicted octanol–water partition coefficient (Wildman–Crippen LogP) is 4.33. The molecule has 0 aliphatic heterocycles. The van der Waals surface area contributed by atoms with E-state index < -0.39 is 0 Å². The van der Waals surface area contributed by atoms with Gasteiger partial charge in [0.15, 0.2) is 0 Å². The number of nitrogens with zero attached hydrogens (tertiary/aromatic N) is 3. The standard InChI is InChI=1S/C22H25N5/c1-15-4-5-19(17(12-23)13-24-14-18-11-22(18,2)3)21(26-15)16-6-8-27-9-7-25-20(27)10-16/h4-10,12-13,18,23-24H,11,14H2,1-3H3/b17-13+,23-12?. The summed E-state index contributed by atoms with van der Waals surface area (Å²) in [6, 6.07) is 8.12. The highest BCUT2D eigenvalue weighted by molar-refractivity contribution is 6.10. The van der Waals surface area contributed by atoms with Crippen molar-refractivity contribution in [1.29, 1.82) is 5.41 Å². The molecule has 1 atom stereocenters. The Kier molecular flexibility index (Phi) is 4.30. The first-order chi connectivity index (χ1) is 13.0. The minimum Gasteiger partial charge on any atom is -0.390 e. The van der Waals surface area contributed by atoms with Gasteiger partial charge in [0, 0.05) is 59.9 Å². The summed E-state index contributed by atoms with van der Waals surface area (Å²) in [5, 5.41) is 11.3. The number of aryl methyl sites for hydroxylation is 1. The summed E-state index contributed by atoms with van der Waals surface area (Å²) in [5.41, 5.74) is 5.95. The number of imidazole rings is 1. The van der Waals surface area contributed by atoms with E-state index in [1.54, 1.807) is 6.20 Å². The highest BCUT2D eigenvalue weighted by Crippen LogP contribution is 2.51. The molecule has 1 fully saturated rings. The lowest BCUT2D eigenvalue weighted by atomic mass is 10.0. The summed E-state index contributed by atoms with van der Waals surface area (Å²) in [5.74, 6) is 0.708. The topological polar surface area (TPSA) is 66.1 Å². The van der Waals surface area contributed by atoms with E-state index in [2.05, 4.69) is 24.1 Å². The normalized spacial score (nSPS) is 18.5. The van der Waals surface area contributed by atoms with Crippen molar-refractivity contribution in [1.82, 2.24) is 19.7 Å². The highest BCUT2D eigenvalue weighted by atomic mass is 15.0. The first-order valence-corrected chi connectivity index (χ1v) is 9.33. The lowest BCUT2D eigenvalue weighted by Gasteiger charge is -2.12. The van der Waals surface area contributed by atoms with Crippen LogP contribution in [0.1, 0.15) is 31.5 Å². The van der Waals surface area contributed by atoms with Crippen molar-refractivity contribution in [3.05, 3.63) is 60.3 Å². The molecule has 1 saturated carbocycles. The van der Waals surface area contributed by atoms with Gasteiger partial charge in [-0.05, 0) is 42.9 Å². The Labute approximate surface area is 159 Å². The summed E-state index contributed by atoms with van der Waals surface area (Å²) in [6.07, 6.45) is 10.3. The molecule has 2 N–H and O–H groups in total. The average molecular weight is 359 g/mol. The number of hydrogen-bond acceptors (Lipinski definition) is 4. The third-order valence-electron chi connectivity index (χ3n) is 5.51. The zero-order valence-corrected chi connectivity index (χ0v) is 16.0. The number of rotatable bonds is 6. The van der Waals surface area contributed by atoms with Crippen LogP contribution in [-0.2, 0) is 0 Å². The Bertz CT molecular complexity index is 1030. The van der Waals surface area contributed by atoms with Crippen molar-refractivity contribution in [3.63, 3.8) is 0 Å². The summed E-state index contributed by atoms with van der Waals surface area (Å²) in [6.45, 7) is 7.53. The molecule has 27 heavy (non-hydrogen) atoms. The third-order valence-corrected chi connectivity index (χ3v) is 5.51. The van der Waals surface area contributed by atoms with E-state index in [4.69, 9.17) is 10.4 Å². The monoisotopic (exact) mass is 359 g/mol. The van der Waals surface area contributed by atoms with E-state index in [1.807, 2.05) is 54.2 Å². The molecule has 5 heteroatoms. The molecule has 138 valence electrons. The van der Waals surface area contributed by atoms with E-state index in [-0.39, 0.29) is 0 Å². The lowest BCUT2D eigenvalue weighted by molar-refractivity contribution is 0.546. The average Bonchev–Trinajstić information content (AvgIpc) is 3.05. The molecule has 3 aromatic rings. The highest BCUT2D eigenvalue weighted by Gasteiger charge is 2.44. The van der Waals surface area contributed by atoms with Gasteiger partial charge in [0.05, 0.1) is 5.69 Å². The Morgan fingerprint density at radius 2 is 2.15 bits per heavy atom. The van der Waals surface area contributed by atoms with Crippen molar-refractivity contribution < 1.29 is 0 Å². The molecule has 0 aromatic carbocycles. The van der Waals surface area contributed by atoms with Gasteiger partial charge in [-0.15, -0.1) is 0 Å². The van der Waals surface area contributed by atoms with E-state index >= 15 is 0 Å². The summed E-state index contributed by atoms with van der Waals surface area (Å²) >= 11 is 0. The van der Waals surface area contributed by atoms with Crippen molar-refractivity contribution in [2.24, 2.45) is 11.3 Å². The smallest absolute Gasteiger partial charge is 0.137 e. The zero-order valence-electron chi connectivity index (χ0n) is 16.0. The second kappa shape index (κ2) is 6.65. The van der Waals surface area contributed by atoms with Crippen LogP contribution in [0.25, 0.3) is 22.5 Å². The number of hydrogen-bond donors (Lipinski definition) is 2. The summed E-state index contributed by atoms with van der Waals surface area (Å²) < 4.78 is 1.98. The van der Waals surface area contributed by atoms with Gasteiger partial charge >= 0.3 is 0 Å². The molecule has 1 aliphatic rings. The number of allylic oxidation sites excluding steroid dienone is 1. The fraction of sp³-hybridized carbons (Fsp3) is 0.318. The number of pyridine rings is 2. The van der Waals surface area contributed by atoms with E-state index in [0.717, 1.165) is 40.3 Å². The van der Waals surface area contributed by atoms with Crippen LogP contribution in [0.3, 0.4) is 0 Å². The van der Waals surface area contributed by atoms with Gasteiger partial charge in [-0.3, -0.25) is 4.98 Å². The summed E-state index contributed by atoms with van der Waals surface area (Å²) in [4.78, 5) is 9.15. The van der Waals surface area contributed by atoms with Crippen molar-refractivity contribution in [2.75, 3.05) is 6.54 Å². The third kappa shape index (κ3) is 3.50. The quantitative estimate of drug-likeness (QED) is 0.644. The largest absolute Gasteiger partial charge is 0.390 e. The lowest BCUT2D eigenvalue weighted by Crippen LogP contribution is -2.13. The minimum atomic E-state index is 0.446. The molecule has 1 unspecified atom stereocenters. The number of fused-ring (bicyclic) bond motifs is 1. The first-order valence-electron chi connectivity index (χ1n) is 9.33. The van der Waals surface area contributed by atoms with Crippen LogP contribution in [0.4, 0.5) is 0 Å². The maximum atomic E-state index is 7.92. The molecule has 0 saturated heterocycles. The van der Waals surface area contributed by atoms with Gasteiger partial charge in [0.1, 0.15) is 5.65 Å². The van der Waals surface area contributed by atoms with Crippen LogP contribution in [0, 0.1) is 23.7 Å². The minimum absolute atomic E-state index is 0.446. The van der Waals surface area contributed by atoms with E-state index in [1.165, 1.54) is 12.6 Å². The number of aromatic nitrogens is 3. The molecule has 1 aliphatic carbocycles. The fourth-order valence-corrected chi connectivity index (χ4v) is 3.50. The molecule has 0 spiro atoms. The Hall–Kier alpha value is -2.95. The Morgan fingerprint density at radius 3 is 2.89 bits per heavy atom. The number of nitrogens with one attached hydrogen (secondary N) is 2. The Morgan fingerprint density at radius 1 is 1.33 bits per heavy atom. The fourth-order valence-electron chi connectivity index (χ4n) is 3.50. The van der Waals surface area contributed by atoms with Crippen molar-refractivity contribution in [2.45, 2.75) is 27.2 Å². The van der Waals surface area contributed by atoms with Crippen LogP contribution in [-0.4, -0.2) is 27.1 Å². The molecule has 0 amide bonds. The Balaban J connectivity index is 1.67. The van der Waals surface area contributed by atoms with E-state index in [9.17, 15) is 0 Å². The molecule has 5 nitrogen and oxygen atoms in total. The second-order valence-electron chi connectivity index (χ2n) is 8.00. The summed E-state index contributed by atoms with van der Waals surface area (Å²) in [7, 11) is 0.